The van der Waals surface area contributed by atoms with E-state index in [0.717, 1.165) is 0 Å². The van der Waals surface area contributed by atoms with Gasteiger partial charge in [0, 0.05) is 11.8 Å². The standard InChI is InChI=1S/C10H10BrN3O3/c11-7-2-1-6(5-8(7)14(16)17)13-9(15)10(12)3-4-10/h1-2,5H,3-4,12H2,(H,13,15). The van der Waals surface area contributed by atoms with Gasteiger partial charge >= 0.3 is 0 Å². The van der Waals surface area contributed by atoms with Crippen molar-refractivity contribution >= 4 is 33.2 Å². The van der Waals surface area contributed by atoms with E-state index in [1.54, 1.807) is 6.07 Å². The molecule has 0 heterocycles. The molecule has 90 valence electrons. The fraction of sp³-hybridized carbons (Fsp3) is 0.300. The highest BCUT2D eigenvalue weighted by Gasteiger charge is 2.46. The maximum atomic E-state index is 11.6. The highest BCUT2D eigenvalue weighted by atomic mass is 79.9. The number of nitro benzene ring substituents is 1. The number of nitro groups is 1. The molecule has 1 aromatic rings. The minimum Gasteiger partial charge on any atom is -0.324 e. The molecule has 0 unspecified atom stereocenters. The molecule has 7 heteroatoms. The molecule has 0 atom stereocenters. The van der Waals surface area contributed by atoms with E-state index in [-0.39, 0.29) is 11.6 Å². The number of carbonyl (C=O) groups is 1. The lowest BCUT2D eigenvalue weighted by Crippen LogP contribution is -2.37. The highest BCUT2D eigenvalue weighted by molar-refractivity contribution is 9.10. The number of benzene rings is 1. The lowest BCUT2D eigenvalue weighted by molar-refractivity contribution is -0.385. The third-order valence-corrected chi connectivity index (χ3v) is 3.31. The molecule has 1 fully saturated rings. The van der Waals surface area contributed by atoms with Crippen LogP contribution < -0.4 is 11.1 Å². The molecule has 1 saturated carbocycles. The third-order valence-electron chi connectivity index (χ3n) is 2.64. The predicted octanol–water partition coefficient (Wildman–Crippen LogP) is 1.79. The van der Waals surface area contributed by atoms with Crippen molar-refractivity contribution in [2.75, 3.05) is 5.32 Å². The van der Waals surface area contributed by atoms with Gasteiger partial charge in [-0.15, -0.1) is 0 Å². The zero-order chi connectivity index (χ0) is 12.6. The SMILES string of the molecule is NC1(C(=O)Nc2ccc(Br)c([N+](=O)[O-])c2)CC1. The van der Waals surface area contributed by atoms with Gasteiger partial charge in [0.25, 0.3) is 5.69 Å². The van der Waals surface area contributed by atoms with Gasteiger partial charge in [0.05, 0.1) is 14.9 Å². The van der Waals surface area contributed by atoms with Crippen LogP contribution in [0.2, 0.25) is 0 Å². The summed E-state index contributed by atoms with van der Waals surface area (Å²) in [4.78, 5) is 21.8. The lowest BCUT2D eigenvalue weighted by atomic mass is 10.2. The Morgan fingerprint density at radius 2 is 2.18 bits per heavy atom. The molecule has 0 saturated heterocycles. The van der Waals surface area contributed by atoms with Crippen LogP contribution in [0.3, 0.4) is 0 Å². The zero-order valence-corrected chi connectivity index (χ0v) is 10.4. The van der Waals surface area contributed by atoms with E-state index >= 15 is 0 Å². The summed E-state index contributed by atoms with van der Waals surface area (Å²) < 4.78 is 0.370. The smallest absolute Gasteiger partial charge is 0.285 e. The van der Waals surface area contributed by atoms with Gasteiger partial charge in [0.1, 0.15) is 0 Å². The summed E-state index contributed by atoms with van der Waals surface area (Å²) >= 11 is 3.07. The number of hydrogen-bond donors (Lipinski definition) is 2. The minimum atomic E-state index is -0.790. The molecule has 0 aliphatic heterocycles. The molecular formula is C10H10BrN3O3. The Labute approximate surface area is 105 Å². The number of nitrogens with one attached hydrogen (secondary N) is 1. The number of carbonyl (C=O) groups excluding carboxylic acids is 1. The number of anilines is 1. The fourth-order valence-electron chi connectivity index (χ4n) is 1.35. The van der Waals surface area contributed by atoms with Crippen LogP contribution in [0.1, 0.15) is 12.8 Å². The Kier molecular flexibility index (Phi) is 2.88. The molecule has 3 N–H and O–H groups in total. The number of amides is 1. The van der Waals surface area contributed by atoms with Crippen molar-refractivity contribution in [1.82, 2.24) is 0 Å². The summed E-state index contributed by atoms with van der Waals surface area (Å²) in [6.07, 6.45) is 1.30. The van der Waals surface area contributed by atoms with Crippen LogP contribution in [0.4, 0.5) is 11.4 Å². The van der Waals surface area contributed by atoms with Gasteiger partial charge in [-0.3, -0.25) is 14.9 Å². The summed E-state index contributed by atoms with van der Waals surface area (Å²) in [5, 5.41) is 13.3. The Hall–Kier alpha value is -1.47. The summed E-state index contributed by atoms with van der Waals surface area (Å²) in [6, 6.07) is 4.40. The van der Waals surface area contributed by atoms with Crippen LogP contribution in [0.5, 0.6) is 0 Å². The van der Waals surface area contributed by atoms with E-state index in [1.165, 1.54) is 12.1 Å². The molecular weight excluding hydrogens is 290 g/mol. The largest absolute Gasteiger partial charge is 0.324 e. The van der Waals surface area contributed by atoms with Crippen molar-refractivity contribution < 1.29 is 9.72 Å². The molecule has 17 heavy (non-hydrogen) atoms. The van der Waals surface area contributed by atoms with Gasteiger partial charge in [-0.25, -0.2) is 0 Å². The van der Waals surface area contributed by atoms with Gasteiger partial charge in [-0.05, 0) is 40.9 Å². The van der Waals surface area contributed by atoms with Crippen molar-refractivity contribution in [2.45, 2.75) is 18.4 Å². The van der Waals surface area contributed by atoms with Gasteiger partial charge in [0.2, 0.25) is 5.91 Å². The van der Waals surface area contributed by atoms with Crippen LogP contribution in [-0.4, -0.2) is 16.4 Å². The van der Waals surface area contributed by atoms with Crippen LogP contribution in [0.15, 0.2) is 22.7 Å². The van der Waals surface area contributed by atoms with Gasteiger partial charge in [-0.2, -0.15) is 0 Å². The molecule has 2 rings (SSSR count). The first kappa shape index (κ1) is 12.0. The first-order valence-corrected chi connectivity index (χ1v) is 5.76. The number of halogens is 1. The first-order valence-electron chi connectivity index (χ1n) is 4.97. The average Bonchev–Trinajstić information content (AvgIpc) is 3.00. The van der Waals surface area contributed by atoms with Crippen LogP contribution in [0.25, 0.3) is 0 Å². The zero-order valence-electron chi connectivity index (χ0n) is 8.77. The molecule has 0 bridgehead atoms. The Morgan fingerprint density at radius 1 is 1.53 bits per heavy atom. The second-order valence-electron chi connectivity index (χ2n) is 4.03. The minimum absolute atomic E-state index is 0.0929. The normalized spacial score (nSPS) is 16.4. The van der Waals surface area contributed by atoms with Crippen molar-refractivity contribution in [1.29, 1.82) is 0 Å². The van der Waals surface area contributed by atoms with E-state index in [1.807, 2.05) is 0 Å². The van der Waals surface area contributed by atoms with Crippen LogP contribution >= 0.6 is 15.9 Å². The van der Waals surface area contributed by atoms with Crippen molar-refractivity contribution in [2.24, 2.45) is 5.73 Å². The molecule has 1 aliphatic carbocycles. The summed E-state index contributed by atoms with van der Waals surface area (Å²) in [6.45, 7) is 0. The Balaban J connectivity index is 2.19. The van der Waals surface area contributed by atoms with E-state index in [2.05, 4.69) is 21.2 Å². The maximum absolute atomic E-state index is 11.6. The number of rotatable bonds is 3. The van der Waals surface area contributed by atoms with Gasteiger partial charge < -0.3 is 11.1 Å². The monoisotopic (exact) mass is 299 g/mol. The van der Waals surface area contributed by atoms with Crippen LogP contribution in [0, 0.1) is 10.1 Å². The van der Waals surface area contributed by atoms with E-state index in [0.29, 0.717) is 23.0 Å². The second-order valence-corrected chi connectivity index (χ2v) is 4.89. The van der Waals surface area contributed by atoms with Crippen molar-refractivity contribution in [3.8, 4) is 0 Å². The van der Waals surface area contributed by atoms with E-state index < -0.39 is 10.5 Å². The molecule has 1 amide bonds. The second kappa shape index (κ2) is 4.08. The van der Waals surface area contributed by atoms with Crippen molar-refractivity contribution in [3.63, 3.8) is 0 Å². The quantitative estimate of drug-likeness (QED) is 0.656. The molecule has 1 aliphatic rings. The maximum Gasteiger partial charge on any atom is 0.285 e. The predicted molar refractivity (Wildman–Crippen MR) is 65.6 cm³/mol. The molecule has 1 aromatic carbocycles. The molecule has 6 nitrogen and oxygen atoms in total. The average molecular weight is 300 g/mol. The fourth-order valence-corrected chi connectivity index (χ4v) is 1.74. The molecule has 0 aromatic heterocycles. The first-order chi connectivity index (χ1) is 7.92. The highest BCUT2D eigenvalue weighted by Crippen LogP contribution is 2.34. The van der Waals surface area contributed by atoms with Crippen LogP contribution in [-0.2, 0) is 4.79 Å². The topological polar surface area (TPSA) is 98.3 Å². The Morgan fingerprint density at radius 3 is 2.71 bits per heavy atom. The Bertz CT molecular complexity index is 500. The third kappa shape index (κ3) is 2.45. The number of nitrogens with two attached hydrogens (primary N) is 1. The summed E-state index contributed by atoms with van der Waals surface area (Å²) in [5.41, 5.74) is 5.20. The van der Waals surface area contributed by atoms with E-state index in [4.69, 9.17) is 5.73 Å². The summed E-state index contributed by atoms with van der Waals surface area (Å²) in [7, 11) is 0. The molecule has 0 radical (unpaired) electrons. The van der Waals surface area contributed by atoms with Gasteiger partial charge in [0.15, 0.2) is 0 Å². The van der Waals surface area contributed by atoms with Crippen molar-refractivity contribution in [3.05, 3.63) is 32.8 Å². The number of nitrogens with zero attached hydrogens (tertiary/aromatic N) is 1. The van der Waals surface area contributed by atoms with E-state index in [9.17, 15) is 14.9 Å². The molecule has 0 spiro atoms. The van der Waals surface area contributed by atoms with Gasteiger partial charge in [-0.1, -0.05) is 0 Å². The number of hydrogen-bond acceptors (Lipinski definition) is 4. The lowest BCUT2D eigenvalue weighted by Gasteiger charge is -2.09. The summed E-state index contributed by atoms with van der Waals surface area (Å²) in [5.74, 6) is -0.297.